The third-order valence-corrected chi connectivity index (χ3v) is 6.90. The van der Waals surface area contributed by atoms with Gasteiger partial charge in [-0.3, -0.25) is 0 Å². The van der Waals surface area contributed by atoms with Crippen molar-refractivity contribution in [3.8, 4) is 0 Å². The molecule has 1 unspecified atom stereocenters. The molecular weight excluding hydrogens is 300 g/mol. The lowest BCUT2D eigenvalue weighted by Gasteiger charge is -2.26. The van der Waals surface area contributed by atoms with Gasteiger partial charge in [0.15, 0.2) is 0 Å². The Morgan fingerprint density at radius 1 is 1.63 bits per heavy atom. The van der Waals surface area contributed by atoms with Gasteiger partial charge in [0, 0.05) is 17.5 Å². The fraction of sp³-hybridized carbons (Fsp3) is 0.583. The highest BCUT2D eigenvalue weighted by atomic mass is 32.2. The first kappa shape index (κ1) is 14.9. The van der Waals surface area contributed by atoms with E-state index in [2.05, 4.69) is 0 Å². The maximum absolute atomic E-state index is 12.7. The van der Waals surface area contributed by atoms with Crippen molar-refractivity contribution >= 4 is 38.6 Å². The van der Waals surface area contributed by atoms with Gasteiger partial charge in [0.1, 0.15) is 5.25 Å². The van der Waals surface area contributed by atoms with Gasteiger partial charge in [-0.1, -0.05) is 25.2 Å². The molecule has 4 nitrogen and oxygen atoms in total. The van der Waals surface area contributed by atoms with Crippen LogP contribution in [-0.4, -0.2) is 29.0 Å². The van der Waals surface area contributed by atoms with E-state index >= 15 is 0 Å². The lowest BCUT2D eigenvalue weighted by Crippen LogP contribution is -2.44. The van der Waals surface area contributed by atoms with Gasteiger partial charge >= 0.3 is 0 Å². The van der Waals surface area contributed by atoms with Crippen LogP contribution in [0.2, 0.25) is 0 Å². The topological polar surface area (TPSA) is 63.4 Å². The standard InChI is InChI=1S/C12H18N2O2S3/c1-2-11(12(13)17)19(15,16)14(9-5-6-9)8-10-4-3-7-18-10/h3-4,7,9,11H,2,5-6,8H2,1H3,(H2,13,17). The van der Waals surface area contributed by atoms with E-state index in [1.54, 1.807) is 22.6 Å². The number of thiocarbonyl (C=S) groups is 1. The number of hydrogen-bond donors (Lipinski definition) is 1. The number of hydrogen-bond acceptors (Lipinski definition) is 4. The van der Waals surface area contributed by atoms with Crippen LogP contribution in [-0.2, 0) is 16.6 Å². The zero-order valence-electron chi connectivity index (χ0n) is 10.8. The first-order valence-corrected chi connectivity index (χ1v) is 9.08. The smallest absolute Gasteiger partial charge is 0.224 e. The van der Waals surface area contributed by atoms with Crippen molar-refractivity contribution in [1.29, 1.82) is 0 Å². The van der Waals surface area contributed by atoms with Gasteiger partial charge in [-0.05, 0) is 30.7 Å². The number of nitrogens with zero attached hydrogens (tertiary/aromatic N) is 1. The zero-order chi connectivity index (χ0) is 14.0. The zero-order valence-corrected chi connectivity index (χ0v) is 13.2. The minimum atomic E-state index is -3.45. The first-order valence-electron chi connectivity index (χ1n) is 6.29. The molecule has 1 fully saturated rings. The van der Waals surface area contributed by atoms with Crippen molar-refractivity contribution in [2.45, 2.75) is 44.0 Å². The summed E-state index contributed by atoms with van der Waals surface area (Å²) in [6.07, 6.45) is 2.28. The van der Waals surface area contributed by atoms with E-state index in [9.17, 15) is 8.42 Å². The van der Waals surface area contributed by atoms with E-state index in [0.29, 0.717) is 13.0 Å². The lowest BCUT2D eigenvalue weighted by atomic mass is 10.3. The second-order valence-corrected chi connectivity index (χ2v) is 8.27. The predicted octanol–water partition coefficient (Wildman–Crippen LogP) is 2.11. The SMILES string of the molecule is CCC(C(N)=S)S(=O)(=O)N(Cc1cccs1)C1CC1. The van der Waals surface area contributed by atoms with E-state index in [1.807, 2.05) is 17.5 Å². The molecule has 7 heteroatoms. The Morgan fingerprint density at radius 2 is 2.32 bits per heavy atom. The summed E-state index contributed by atoms with van der Waals surface area (Å²) >= 11 is 6.48. The molecule has 106 valence electrons. The van der Waals surface area contributed by atoms with Crippen LogP contribution >= 0.6 is 23.6 Å². The summed E-state index contributed by atoms with van der Waals surface area (Å²) in [5.74, 6) is 0. The normalized spacial score (nSPS) is 17.6. The summed E-state index contributed by atoms with van der Waals surface area (Å²) in [6, 6.07) is 4.01. The molecule has 1 aromatic heterocycles. The molecule has 0 bridgehead atoms. The molecule has 1 aliphatic carbocycles. The highest BCUT2D eigenvalue weighted by Crippen LogP contribution is 2.33. The van der Waals surface area contributed by atoms with Crippen LogP contribution in [0.3, 0.4) is 0 Å². The van der Waals surface area contributed by atoms with Crippen LogP contribution in [0.1, 0.15) is 31.1 Å². The molecule has 1 atom stereocenters. The van der Waals surface area contributed by atoms with Gasteiger partial charge < -0.3 is 5.73 Å². The summed E-state index contributed by atoms with van der Waals surface area (Å²) < 4.78 is 26.9. The average Bonchev–Trinajstić information content (AvgIpc) is 3.02. The van der Waals surface area contributed by atoms with Gasteiger partial charge in [0.05, 0.1) is 4.99 Å². The summed E-state index contributed by atoms with van der Waals surface area (Å²) in [5, 5.41) is 1.21. The third kappa shape index (κ3) is 3.34. The van der Waals surface area contributed by atoms with Gasteiger partial charge in [-0.2, -0.15) is 4.31 Å². The van der Waals surface area contributed by atoms with Crippen molar-refractivity contribution in [2.24, 2.45) is 5.73 Å². The van der Waals surface area contributed by atoms with Crippen LogP contribution in [0, 0.1) is 0 Å². The minimum absolute atomic E-state index is 0.0688. The molecule has 0 aromatic carbocycles. The Hall–Kier alpha value is -0.500. The maximum Gasteiger partial charge on any atom is 0.224 e. The molecule has 2 N–H and O–H groups in total. The second kappa shape index (κ2) is 5.87. The third-order valence-electron chi connectivity index (χ3n) is 3.22. The number of rotatable bonds is 7. The largest absolute Gasteiger partial charge is 0.392 e. The minimum Gasteiger partial charge on any atom is -0.392 e. The van der Waals surface area contributed by atoms with Crippen LogP contribution in [0.5, 0.6) is 0 Å². The van der Waals surface area contributed by atoms with Crippen LogP contribution < -0.4 is 5.73 Å². The van der Waals surface area contributed by atoms with E-state index in [1.165, 1.54) is 0 Å². The maximum atomic E-state index is 12.7. The molecule has 2 rings (SSSR count). The Balaban J connectivity index is 2.25. The summed E-state index contributed by atoms with van der Waals surface area (Å²) in [7, 11) is -3.45. The van der Waals surface area contributed by atoms with E-state index in [4.69, 9.17) is 18.0 Å². The monoisotopic (exact) mass is 318 g/mol. The van der Waals surface area contributed by atoms with Crippen LogP contribution in [0.4, 0.5) is 0 Å². The molecule has 1 heterocycles. The number of nitrogens with two attached hydrogens (primary N) is 1. The summed E-state index contributed by atoms with van der Waals surface area (Å²) in [5.41, 5.74) is 5.59. The van der Waals surface area contributed by atoms with Crippen molar-refractivity contribution in [2.75, 3.05) is 0 Å². The van der Waals surface area contributed by atoms with Gasteiger partial charge in [0.2, 0.25) is 10.0 Å². The van der Waals surface area contributed by atoms with Crippen molar-refractivity contribution < 1.29 is 8.42 Å². The average molecular weight is 318 g/mol. The molecule has 1 aliphatic rings. The fourth-order valence-electron chi connectivity index (χ4n) is 2.07. The highest BCUT2D eigenvalue weighted by Gasteiger charge is 2.41. The molecule has 0 aliphatic heterocycles. The molecule has 0 radical (unpaired) electrons. The van der Waals surface area contributed by atoms with Crippen molar-refractivity contribution in [1.82, 2.24) is 4.31 Å². The van der Waals surface area contributed by atoms with E-state index in [0.717, 1.165) is 17.7 Å². The lowest BCUT2D eigenvalue weighted by molar-refractivity contribution is 0.398. The molecule has 19 heavy (non-hydrogen) atoms. The van der Waals surface area contributed by atoms with Gasteiger partial charge in [-0.15, -0.1) is 11.3 Å². The fourth-order valence-corrected chi connectivity index (χ4v) is 5.37. The van der Waals surface area contributed by atoms with E-state index < -0.39 is 15.3 Å². The molecule has 0 saturated heterocycles. The van der Waals surface area contributed by atoms with Crippen molar-refractivity contribution in [3.63, 3.8) is 0 Å². The Bertz CT molecular complexity index is 535. The number of sulfonamides is 1. The first-order chi connectivity index (χ1) is 8.96. The Kier molecular flexibility index (Phi) is 4.60. The molecular formula is C12H18N2O2S3. The van der Waals surface area contributed by atoms with Gasteiger partial charge in [-0.25, -0.2) is 8.42 Å². The van der Waals surface area contributed by atoms with Crippen LogP contribution in [0.15, 0.2) is 17.5 Å². The highest BCUT2D eigenvalue weighted by molar-refractivity contribution is 7.92. The molecule has 0 spiro atoms. The number of thiophene rings is 1. The van der Waals surface area contributed by atoms with E-state index in [-0.39, 0.29) is 11.0 Å². The van der Waals surface area contributed by atoms with Gasteiger partial charge in [0.25, 0.3) is 0 Å². The molecule has 0 amide bonds. The van der Waals surface area contributed by atoms with Crippen molar-refractivity contribution in [3.05, 3.63) is 22.4 Å². The predicted molar refractivity (Wildman–Crippen MR) is 82.7 cm³/mol. The summed E-state index contributed by atoms with van der Waals surface area (Å²) in [6.45, 7) is 2.24. The quantitative estimate of drug-likeness (QED) is 0.782. The Morgan fingerprint density at radius 3 is 2.74 bits per heavy atom. The van der Waals surface area contributed by atoms with Crippen LogP contribution in [0.25, 0.3) is 0 Å². The second-order valence-electron chi connectivity index (χ2n) is 4.70. The molecule has 1 aromatic rings. The Labute approximate surface area is 123 Å². The molecule has 1 saturated carbocycles. The summed E-state index contributed by atoms with van der Waals surface area (Å²) in [4.78, 5) is 1.12.